The van der Waals surface area contributed by atoms with Gasteiger partial charge in [0.05, 0.1) is 5.75 Å². The topological polar surface area (TPSA) is 49.4 Å². The van der Waals surface area contributed by atoms with Crippen LogP contribution in [-0.2, 0) is 9.84 Å². The van der Waals surface area contributed by atoms with Gasteiger partial charge in [-0.2, -0.15) is 0 Å². The summed E-state index contributed by atoms with van der Waals surface area (Å²) in [4.78, 5) is 2.38. The van der Waals surface area contributed by atoms with E-state index in [2.05, 4.69) is 24.2 Å². The summed E-state index contributed by atoms with van der Waals surface area (Å²) in [5.41, 5.74) is 0. The SMILES string of the molecule is CCCS(=O)(=O)CCNCC(C)N(C)C1CC1. The average molecular weight is 262 g/mol. The Balaban J connectivity index is 2.11. The van der Waals surface area contributed by atoms with E-state index in [4.69, 9.17) is 0 Å². The minimum Gasteiger partial charge on any atom is -0.314 e. The van der Waals surface area contributed by atoms with Crippen molar-refractivity contribution in [1.82, 2.24) is 10.2 Å². The molecule has 1 N–H and O–H groups in total. The highest BCUT2D eigenvalue weighted by Gasteiger charge is 2.28. The lowest BCUT2D eigenvalue weighted by Crippen LogP contribution is -2.40. The molecule has 1 aliphatic carbocycles. The first kappa shape index (κ1) is 14.9. The van der Waals surface area contributed by atoms with Gasteiger partial charge in [0.2, 0.25) is 0 Å². The van der Waals surface area contributed by atoms with Crippen molar-refractivity contribution in [2.75, 3.05) is 31.6 Å². The van der Waals surface area contributed by atoms with Crippen molar-refractivity contribution in [3.63, 3.8) is 0 Å². The lowest BCUT2D eigenvalue weighted by Gasteiger charge is -2.24. The maximum Gasteiger partial charge on any atom is 0.151 e. The van der Waals surface area contributed by atoms with Crippen molar-refractivity contribution in [3.05, 3.63) is 0 Å². The predicted octanol–water partition coefficient (Wildman–Crippen LogP) is 0.884. The second-order valence-electron chi connectivity index (χ2n) is 5.10. The average Bonchev–Trinajstić information content (AvgIpc) is 3.06. The molecule has 1 fully saturated rings. The van der Waals surface area contributed by atoms with Crippen molar-refractivity contribution in [3.8, 4) is 0 Å². The maximum absolute atomic E-state index is 11.5. The Kier molecular flexibility index (Phi) is 5.89. The van der Waals surface area contributed by atoms with Gasteiger partial charge in [-0.25, -0.2) is 8.42 Å². The molecule has 0 radical (unpaired) electrons. The van der Waals surface area contributed by atoms with E-state index in [0.717, 1.165) is 12.6 Å². The number of nitrogens with zero attached hydrogens (tertiary/aromatic N) is 1. The van der Waals surface area contributed by atoms with Crippen LogP contribution < -0.4 is 5.32 Å². The van der Waals surface area contributed by atoms with Gasteiger partial charge in [0.15, 0.2) is 9.84 Å². The molecule has 0 aromatic carbocycles. The molecule has 102 valence electrons. The number of likely N-dealkylation sites (N-methyl/N-ethyl adjacent to an activating group) is 1. The molecule has 0 heterocycles. The van der Waals surface area contributed by atoms with E-state index in [-0.39, 0.29) is 5.75 Å². The zero-order valence-corrected chi connectivity index (χ0v) is 12.1. The molecule has 0 amide bonds. The molecule has 0 aromatic rings. The van der Waals surface area contributed by atoms with E-state index >= 15 is 0 Å². The zero-order chi connectivity index (χ0) is 12.9. The van der Waals surface area contributed by atoms with Gasteiger partial charge in [0.25, 0.3) is 0 Å². The van der Waals surface area contributed by atoms with Gasteiger partial charge in [-0.3, -0.25) is 4.90 Å². The first-order valence-electron chi connectivity index (χ1n) is 6.59. The summed E-state index contributed by atoms with van der Waals surface area (Å²) < 4.78 is 23.0. The maximum atomic E-state index is 11.5. The van der Waals surface area contributed by atoms with E-state index in [1.165, 1.54) is 12.8 Å². The molecule has 1 aliphatic rings. The Morgan fingerprint density at radius 1 is 1.35 bits per heavy atom. The summed E-state index contributed by atoms with van der Waals surface area (Å²) in [6, 6.07) is 1.24. The molecule has 0 aliphatic heterocycles. The van der Waals surface area contributed by atoms with E-state index in [1.54, 1.807) is 0 Å². The second kappa shape index (κ2) is 6.71. The van der Waals surface area contributed by atoms with Gasteiger partial charge in [0.1, 0.15) is 0 Å². The standard InChI is InChI=1S/C12H26N2O2S/c1-4-8-17(15,16)9-7-13-10-11(2)14(3)12-5-6-12/h11-13H,4-10H2,1-3H3. The van der Waals surface area contributed by atoms with Crippen LogP contribution in [0.1, 0.15) is 33.1 Å². The fourth-order valence-electron chi connectivity index (χ4n) is 1.94. The van der Waals surface area contributed by atoms with Crippen molar-refractivity contribution in [2.45, 2.75) is 45.2 Å². The second-order valence-corrected chi connectivity index (χ2v) is 7.41. The molecule has 0 bridgehead atoms. The van der Waals surface area contributed by atoms with E-state index < -0.39 is 9.84 Å². The Labute approximate surface area is 106 Å². The number of sulfone groups is 1. The lowest BCUT2D eigenvalue weighted by molar-refractivity contribution is 0.242. The van der Waals surface area contributed by atoms with Gasteiger partial charge >= 0.3 is 0 Å². The molecule has 4 nitrogen and oxygen atoms in total. The zero-order valence-electron chi connectivity index (χ0n) is 11.3. The molecule has 0 saturated heterocycles. The summed E-state index contributed by atoms with van der Waals surface area (Å²) in [6.45, 7) is 5.53. The summed E-state index contributed by atoms with van der Waals surface area (Å²) in [5.74, 6) is 0.576. The van der Waals surface area contributed by atoms with Crippen LogP contribution in [0.2, 0.25) is 0 Å². The highest BCUT2D eigenvalue weighted by Crippen LogP contribution is 2.26. The monoisotopic (exact) mass is 262 g/mol. The van der Waals surface area contributed by atoms with Crippen molar-refractivity contribution < 1.29 is 8.42 Å². The number of nitrogens with one attached hydrogen (secondary N) is 1. The molecule has 1 unspecified atom stereocenters. The molecule has 5 heteroatoms. The van der Waals surface area contributed by atoms with E-state index in [9.17, 15) is 8.42 Å². The van der Waals surface area contributed by atoms with Crippen LogP contribution in [0.25, 0.3) is 0 Å². The first-order valence-corrected chi connectivity index (χ1v) is 8.41. The van der Waals surface area contributed by atoms with Crippen LogP contribution in [0.15, 0.2) is 0 Å². The van der Waals surface area contributed by atoms with Gasteiger partial charge in [-0.1, -0.05) is 6.92 Å². The van der Waals surface area contributed by atoms with Crippen LogP contribution >= 0.6 is 0 Å². The first-order chi connectivity index (χ1) is 7.96. The Bertz CT molecular complexity index is 312. The van der Waals surface area contributed by atoms with Crippen LogP contribution in [0.5, 0.6) is 0 Å². The summed E-state index contributed by atoms with van der Waals surface area (Å²) in [5, 5.41) is 3.24. The fourth-order valence-corrected chi connectivity index (χ4v) is 3.22. The smallest absolute Gasteiger partial charge is 0.151 e. The van der Waals surface area contributed by atoms with Gasteiger partial charge in [0, 0.05) is 30.9 Å². The summed E-state index contributed by atoms with van der Waals surface area (Å²) >= 11 is 0. The highest BCUT2D eigenvalue weighted by molar-refractivity contribution is 7.91. The fraction of sp³-hybridized carbons (Fsp3) is 1.00. The van der Waals surface area contributed by atoms with Gasteiger partial charge in [-0.15, -0.1) is 0 Å². The highest BCUT2D eigenvalue weighted by atomic mass is 32.2. The van der Waals surface area contributed by atoms with Crippen molar-refractivity contribution >= 4 is 9.84 Å². The minimum absolute atomic E-state index is 0.265. The third-order valence-corrected chi connectivity index (χ3v) is 5.22. The molecule has 1 atom stereocenters. The van der Waals surface area contributed by atoms with E-state index in [0.29, 0.717) is 24.8 Å². The molecule has 0 aromatic heterocycles. The molecular formula is C12H26N2O2S. The van der Waals surface area contributed by atoms with Gasteiger partial charge < -0.3 is 5.32 Å². The summed E-state index contributed by atoms with van der Waals surface area (Å²) in [6.07, 6.45) is 3.33. The Hall–Kier alpha value is -0.130. The van der Waals surface area contributed by atoms with Crippen LogP contribution in [0.4, 0.5) is 0 Å². The van der Waals surface area contributed by atoms with E-state index in [1.807, 2.05) is 6.92 Å². The summed E-state index contributed by atoms with van der Waals surface area (Å²) in [7, 11) is -0.679. The van der Waals surface area contributed by atoms with Crippen molar-refractivity contribution in [1.29, 1.82) is 0 Å². The third-order valence-electron chi connectivity index (χ3n) is 3.36. The lowest BCUT2D eigenvalue weighted by atomic mass is 10.3. The van der Waals surface area contributed by atoms with Crippen LogP contribution in [0, 0.1) is 0 Å². The molecule has 1 saturated carbocycles. The van der Waals surface area contributed by atoms with Gasteiger partial charge in [-0.05, 0) is 33.2 Å². The largest absolute Gasteiger partial charge is 0.314 e. The number of rotatable bonds is 9. The number of hydrogen-bond acceptors (Lipinski definition) is 4. The Morgan fingerprint density at radius 3 is 2.53 bits per heavy atom. The molecule has 1 rings (SSSR count). The minimum atomic E-state index is -2.83. The Morgan fingerprint density at radius 2 is 2.00 bits per heavy atom. The van der Waals surface area contributed by atoms with Crippen LogP contribution in [0.3, 0.4) is 0 Å². The quantitative estimate of drug-likeness (QED) is 0.627. The van der Waals surface area contributed by atoms with Crippen molar-refractivity contribution in [2.24, 2.45) is 0 Å². The number of hydrogen-bond donors (Lipinski definition) is 1. The molecule has 0 spiro atoms. The molecule has 17 heavy (non-hydrogen) atoms. The predicted molar refractivity (Wildman–Crippen MR) is 72.1 cm³/mol. The molecular weight excluding hydrogens is 236 g/mol. The normalized spacial score (nSPS) is 18.6. The third kappa shape index (κ3) is 5.84. The van der Waals surface area contributed by atoms with Crippen LogP contribution in [-0.4, -0.2) is 57.0 Å².